The monoisotopic (exact) mass is 434 g/mol. The van der Waals surface area contributed by atoms with Crippen molar-refractivity contribution in [3.05, 3.63) is 77.6 Å². The van der Waals surface area contributed by atoms with Gasteiger partial charge in [0.25, 0.3) is 0 Å². The van der Waals surface area contributed by atoms with Crippen molar-refractivity contribution in [1.82, 2.24) is 20.8 Å². The Bertz CT molecular complexity index is 1040. The summed E-state index contributed by atoms with van der Waals surface area (Å²) in [6, 6.07) is 17.1. The molecule has 2 aromatic rings. The van der Waals surface area contributed by atoms with E-state index in [0.717, 1.165) is 28.4 Å². The fourth-order valence-corrected chi connectivity index (χ4v) is 5.01. The van der Waals surface area contributed by atoms with Gasteiger partial charge in [0.2, 0.25) is 5.91 Å². The predicted molar refractivity (Wildman–Crippen MR) is 125 cm³/mol. The summed E-state index contributed by atoms with van der Waals surface area (Å²) >= 11 is 1.45. The highest BCUT2D eigenvalue weighted by molar-refractivity contribution is 8.14. The number of aryl methyl sites for hydroxylation is 2. The number of hydrazine groups is 1. The number of benzene rings is 2. The van der Waals surface area contributed by atoms with E-state index in [-0.39, 0.29) is 24.2 Å². The van der Waals surface area contributed by atoms with E-state index < -0.39 is 0 Å². The van der Waals surface area contributed by atoms with Crippen molar-refractivity contribution >= 4 is 28.5 Å². The third-order valence-electron chi connectivity index (χ3n) is 5.91. The van der Waals surface area contributed by atoms with E-state index in [1.165, 1.54) is 17.3 Å². The molecule has 0 bridgehead atoms. The van der Waals surface area contributed by atoms with E-state index >= 15 is 0 Å². The Morgan fingerprint density at radius 2 is 2.03 bits per heavy atom. The molecule has 0 aromatic heterocycles. The smallest absolute Gasteiger partial charge is 0.234 e. The van der Waals surface area contributed by atoms with Gasteiger partial charge in [-0.3, -0.25) is 10.2 Å². The van der Waals surface area contributed by atoms with Crippen LogP contribution in [0.2, 0.25) is 0 Å². The number of nitrogens with zero attached hydrogens (tertiary/aromatic N) is 3. The number of hydrazone groups is 1. The van der Waals surface area contributed by atoms with Crippen LogP contribution in [0.4, 0.5) is 5.69 Å². The Labute approximate surface area is 186 Å². The van der Waals surface area contributed by atoms with Gasteiger partial charge in [-0.25, -0.2) is 5.43 Å². The summed E-state index contributed by atoms with van der Waals surface area (Å²) in [5.41, 5.74) is 11.2. The summed E-state index contributed by atoms with van der Waals surface area (Å²) < 4.78 is 0. The lowest BCUT2D eigenvalue weighted by Crippen LogP contribution is -2.54. The molecule has 1 saturated heterocycles. The van der Waals surface area contributed by atoms with Gasteiger partial charge >= 0.3 is 0 Å². The molecule has 3 heterocycles. The molecule has 0 radical (unpaired) electrons. The summed E-state index contributed by atoms with van der Waals surface area (Å²) in [7, 11) is 0. The lowest BCUT2D eigenvalue weighted by atomic mass is 10.00. The summed E-state index contributed by atoms with van der Waals surface area (Å²) in [4.78, 5) is 14.6. The van der Waals surface area contributed by atoms with Crippen LogP contribution >= 0.6 is 11.8 Å². The highest BCUT2D eigenvalue weighted by Gasteiger charge is 2.44. The first-order valence-corrected chi connectivity index (χ1v) is 11.5. The molecule has 3 unspecified atom stereocenters. The summed E-state index contributed by atoms with van der Waals surface area (Å²) in [6.45, 7) is 4.02. The molecule has 1 amide bonds. The van der Waals surface area contributed by atoms with Crippen molar-refractivity contribution in [3.8, 4) is 0 Å². The third kappa shape index (κ3) is 4.00. The van der Waals surface area contributed by atoms with Crippen LogP contribution in [0.5, 0.6) is 0 Å². The largest absolute Gasteiger partial charge is 0.325 e. The number of fused-ring (bicyclic) bond motifs is 3. The van der Waals surface area contributed by atoms with Crippen molar-refractivity contribution < 1.29 is 4.79 Å². The lowest BCUT2D eigenvalue weighted by Gasteiger charge is -2.36. The number of amides is 1. The first-order valence-electron chi connectivity index (χ1n) is 10.5. The zero-order chi connectivity index (χ0) is 21.4. The van der Waals surface area contributed by atoms with Crippen LogP contribution in [-0.4, -0.2) is 38.9 Å². The second kappa shape index (κ2) is 8.28. The van der Waals surface area contributed by atoms with Gasteiger partial charge in [-0.2, -0.15) is 5.10 Å². The van der Waals surface area contributed by atoms with Gasteiger partial charge in [-0.05, 0) is 43.0 Å². The molecule has 31 heavy (non-hydrogen) atoms. The molecule has 7 nitrogen and oxygen atoms in total. The molecule has 5 rings (SSSR count). The van der Waals surface area contributed by atoms with Gasteiger partial charge in [0, 0.05) is 18.1 Å². The van der Waals surface area contributed by atoms with Crippen LogP contribution in [0.15, 0.2) is 66.0 Å². The number of nitrogens with one attached hydrogen (secondary N) is 3. The highest BCUT2D eigenvalue weighted by Crippen LogP contribution is 2.35. The number of amidine groups is 1. The molecule has 1 fully saturated rings. The maximum atomic E-state index is 12.5. The molecule has 3 atom stereocenters. The molecular weight excluding hydrogens is 408 g/mol. The van der Waals surface area contributed by atoms with E-state index in [2.05, 4.69) is 61.6 Å². The quantitative estimate of drug-likeness (QED) is 0.686. The molecule has 3 aliphatic rings. The fourth-order valence-electron chi connectivity index (χ4n) is 4.24. The zero-order valence-corrected chi connectivity index (χ0v) is 18.4. The average molecular weight is 435 g/mol. The first-order chi connectivity index (χ1) is 15.1. The van der Waals surface area contributed by atoms with Crippen molar-refractivity contribution in [2.45, 2.75) is 38.5 Å². The Hall–Kier alpha value is -2.97. The van der Waals surface area contributed by atoms with Crippen LogP contribution in [-0.2, 0) is 4.79 Å². The molecule has 2 aromatic carbocycles. The van der Waals surface area contributed by atoms with Gasteiger partial charge in [0.1, 0.15) is 6.17 Å². The number of anilines is 1. The fraction of sp³-hybridized carbons (Fsp3) is 0.304. The Balaban J connectivity index is 1.19. The summed E-state index contributed by atoms with van der Waals surface area (Å²) in [6.07, 6.45) is 5.11. The van der Waals surface area contributed by atoms with Gasteiger partial charge in [-0.1, -0.05) is 54.2 Å². The lowest BCUT2D eigenvalue weighted by molar-refractivity contribution is -0.113. The first kappa shape index (κ1) is 20.0. The van der Waals surface area contributed by atoms with E-state index in [1.807, 2.05) is 44.3 Å². The Kier molecular flexibility index (Phi) is 5.33. The van der Waals surface area contributed by atoms with Crippen LogP contribution in [0, 0.1) is 13.8 Å². The summed E-state index contributed by atoms with van der Waals surface area (Å²) in [5.74, 6) is 0.281. The number of hydrogen-bond donors (Lipinski definition) is 3. The van der Waals surface area contributed by atoms with E-state index in [4.69, 9.17) is 0 Å². The molecule has 160 valence electrons. The second-order valence-electron chi connectivity index (χ2n) is 8.13. The van der Waals surface area contributed by atoms with Crippen molar-refractivity contribution in [3.63, 3.8) is 0 Å². The Morgan fingerprint density at radius 1 is 1.19 bits per heavy atom. The van der Waals surface area contributed by atoms with Crippen molar-refractivity contribution in [2.75, 3.05) is 11.1 Å². The minimum absolute atomic E-state index is 0.0286. The van der Waals surface area contributed by atoms with Crippen molar-refractivity contribution in [2.24, 2.45) is 5.10 Å². The molecule has 0 saturated carbocycles. The maximum absolute atomic E-state index is 12.5. The number of carbonyl (C=O) groups excluding carboxylic acids is 1. The van der Waals surface area contributed by atoms with Crippen LogP contribution in [0.1, 0.15) is 29.2 Å². The second-order valence-corrected chi connectivity index (χ2v) is 9.07. The van der Waals surface area contributed by atoms with E-state index in [1.54, 1.807) is 0 Å². The molecule has 3 aliphatic heterocycles. The van der Waals surface area contributed by atoms with Gasteiger partial charge < -0.3 is 15.2 Å². The maximum Gasteiger partial charge on any atom is 0.234 e. The minimum atomic E-state index is -0.0286. The van der Waals surface area contributed by atoms with Crippen LogP contribution < -0.4 is 16.2 Å². The molecule has 0 spiro atoms. The molecule has 3 N–H and O–H groups in total. The molecule has 0 aliphatic carbocycles. The predicted octanol–water partition coefficient (Wildman–Crippen LogP) is 3.28. The van der Waals surface area contributed by atoms with Crippen LogP contribution in [0.25, 0.3) is 0 Å². The van der Waals surface area contributed by atoms with Gasteiger partial charge in [0.15, 0.2) is 5.17 Å². The number of carbonyl (C=O) groups is 1. The topological polar surface area (TPSA) is 72.0 Å². The van der Waals surface area contributed by atoms with Crippen LogP contribution in [0.3, 0.4) is 0 Å². The standard InChI is InChI=1S/C23H26N6OS/c1-15-8-9-16(2)18(12-15)24-21(30)14-31-23-26-25-22-20-13-19(17-6-4-3-5-7-17)27-29(20)11-10-28(22)23/h3-12,19-20,22,25,27H,13-14H2,1-2H3,(H,24,30). The number of hydrogen-bond acceptors (Lipinski definition) is 7. The van der Waals surface area contributed by atoms with Gasteiger partial charge in [0.05, 0.1) is 17.8 Å². The summed E-state index contributed by atoms with van der Waals surface area (Å²) in [5, 5.41) is 10.5. The highest BCUT2D eigenvalue weighted by atomic mass is 32.2. The van der Waals surface area contributed by atoms with E-state index in [0.29, 0.717) is 5.75 Å². The third-order valence-corrected chi connectivity index (χ3v) is 6.87. The molecular formula is C23H26N6OS. The SMILES string of the molecule is Cc1ccc(C)c(NC(=O)CSC2=NNC3C4CC(c5ccccc5)NN4C=CN23)c1. The van der Waals surface area contributed by atoms with Gasteiger partial charge in [-0.15, -0.1) is 0 Å². The Morgan fingerprint density at radius 3 is 2.87 bits per heavy atom. The van der Waals surface area contributed by atoms with Crippen molar-refractivity contribution in [1.29, 1.82) is 0 Å². The minimum Gasteiger partial charge on any atom is -0.325 e. The molecule has 8 heteroatoms. The number of rotatable bonds is 4. The number of thioether (sulfide) groups is 1. The zero-order valence-electron chi connectivity index (χ0n) is 17.6. The normalized spacial score (nSPS) is 23.8. The van der Waals surface area contributed by atoms with E-state index in [9.17, 15) is 4.79 Å². The average Bonchev–Trinajstić information content (AvgIpc) is 3.39.